The molecule has 2 rings (SSSR count). The molecule has 5 heteroatoms. The maximum absolute atomic E-state index is 13.7. The van der Waals surface area contributed by atoms with Crippen molar-refractivity contribution in [1.29, 1.82) is 0 Å². The largest absolute Gasteiger partial charge is 0.469 e. The van der Waals surface area contributed by atoms with Gasteiger partial charge in [0.2, 0.25) is 7.37 Å². The second-order valence-corrected chi connectivity index (χ2v) is 10.0. The zero-order valence-electron chi connectivity index (χ0n) is 15.8. The van der Waals surface area contributed by atoms with Crippen molar-refractivity contribution in [2.24, 2.45) is 17.8 Å². The van der Waals surface area contributed by atoms with Crippen molar-refractivity contribution in [3.63, 3.8) is 0 Å². The van der Waals surface area contributed by atoms with Crippen LogP contribution in [-0.4, -0.2) is 25.3 Å². The number of hydrogen-bond acceptors (Lipinski definition) is 4. The number of rotatable bonds is 7. The van der Waals surface area contributed by atoms with Crippen LogP contribution >= 0.6 is 7.37 Å². The summed E-state index contributed by atoms with van der Waals surface area (Å²) in [5, 5.41) is 0.694. The Balaban J connectivity index is 2.25. The van der Waals surface area contributed by atoms with E-state index in [0.29, 0.717) is 23.1 Å². The molecule has 0 unspecified atom stereocenters. The van der Waals surface area contributed by atoms with Gasteiger partial charge in [-0.3, -0.25) is 9.36 Å². The second kappa shape index (κ2) is 9.00. The molecule has 4 atom stereocenters. The Morgan fingerprint density at radius 1 is 1.24 bits per heavy atom. The highest BCUT2D eigenvalue weighted by Crippen LogP contribution is 2.51. The lowest BCUT2D eigenvalue weighted by Gasteiger charge is -2.39. The van der Waals surface area contributed by atoms with Crippen LogP contribution in [0.3, 0.4) is 0 Å². The maximum atomic E-state index is 13.7. The van der Waals surface area contributed by atoms with Crippen LogP contribution in [0.5, 0.6) is 0 Å². The molecule has 0 radical (unpaired) electrons. The van der Waals surface area contributed by atoms with Crippen LogP contribution in [0, 0.1) is 17.8 Å². The van der Waals surface area contributed by atoms with Gasteiger partial charge < -0.3 is 9.26 Å². The van der Waals surface area contributed by atoms with E-state index < -0.39 is 7.37 Å². The lowest BCUT2D eigenvalue weighted by Crippen LogP contribution is -2.35. The Morgan fingerprint density at radius 3 is 2.52 bits per heavy atom. The van der Waals surface area contributed by atoms with Crippen LogP contribution in [-0.2, 0) is 18.6 Å². The van der Waals surface area contributed by atoms with Gasteiger partial charge in [-0.25, -0.2) is 0 Å². The number of ether oxygens (including phenoxy) is 1. The van der Waals surface area contributed by atoms with Gasteiger partial charge in [-0.1, -0.05) is 45.4 Å². The molecule has 140 valence electrons. The summed E-state index contributed by atoms with van der Waals surface area (Å²) in [5.41, 5.74) is 0. The molecule has 1 aromatic rings. The lowest BCUT2D eigenvalue weighted by molar-refractivity contribution is -0.140. The Bertz CT molecular complexity index is 599. The molecule has 0 amide bonds. The molecular weight excluding hydrogens is 335 g/mol. The summed E-state index contributed by atoms with van der Waals surface area (Å²) in [6, 6.07) is 9.32. The van der Waals surface area contributed by atoms with E-state index in [2.05, 4.69) is 20.8 Å². The molecule has 0 spiro atoms. The monoisotopic (exact) mass is 366 g/mol. The van der Waals surface area contributed by atoms with E-state index in [4.69, 9.17) is 9.26 Å². The van der Waals surface area contributed by atoms with Gasteiger partial charge in [-0.2, -0.15) is 0 Å². The third kappa shape index (κ3) is 5.43. The van der Waals surface area contributed by atoms with E-state index in [9.17, 15) is 9.36 Å². The number of hydrogen-bond donors (Lipinski definition) is 0. The average molecular weight is 366 g/mol. The molecule has 1 saturated carbocycles. The number of benzene rings is 1. The molecular formula is C20H31O4P. The Hall–Kier alpha value is -1.12. The Morgan fingerprint density at radius 2 is 1.92 bits per heavy atom. The van der Waals surface area contributed by atoms with E-state index in [1.807, 2.05) is 30.3 Å². The fourth-order valence-corrected chi connectivity index (χ4v) is 5.96. The molecule has 0 aromatic heterocycles. The molecule has 0 aliphatic heterocycles. The van der Waals surface area contributed by atoms with Crippen molar-refractivity contribution in [3.8, 4) is 0 Å². The third-order valence-corrected chi connectivity index (χ3v) is 7.76. The summed E-state index contributed by atoms with van der Waals surface area (Å²) in [7, 11) is -1.76. The maximum Gasteiger partial charge on any atom is 0.306 e. The van der Waals surface area contributed by atoms with Gasteiger partial charge in [0, 0.05) is 11.5 Å². The summed E-state index contributed by atoms with van der Waals surface area (Å²) in [6.45, 7) is 6.65. The first kappa shape index (κ1) is 20.2. The minimum Gasteiger partial charge on any atom is -0.469 e. The molecule has 25 heavy (non-hydrogen) atoms. The molecule has 0 saturated heterocycles. The van der Waals surface area contributed by atoms with E-state index in [1.54, 1.807) is 0 Å². The van der Waals surface area contributed by atoms with Gasteiger partial charge in [0.25, 0.3) is 0 Å². The van der Waals surface area contributed by atoms with Crippen LogP contribution in [0.1, 0.15) is 46.5 Å². The standard InChI is InChI=1S/C20H31O4P/c1-15(2)18-11-10-16(3)14-19(18)24-25(22,13-12-20(21)23-4)17-8-6-5-7-9-17/h5-9,15-16,18-19H,10-14H2,1-4H3/t16-,18+,19-,25+/m1/s1. The molecule has 1 aliphatic rings. The smallest absolute Gasteiger partial charge is 0.306 e. The predicted octanol–water partition coefficient (Wildman–Crippen LogP) is 4.63. The zero-order chi connectivity index (χ0) is 18.4. The van der Waals surface area contributed by atoms with Crippen LogP contribution in [0.4, 0.5) is 0 Å². The van der Waals surface area contributed by atoms with Gasteiger partial charge >= 0.3 is 5.97 Å². The highest BCUT2D eigenvalue weighted by atomic mass is 31.2. The fourth-order valence-electron chi connectivity index (χ4n) is 3.69. The van der Waals surface area contributed by atoms with Gasteiger partial charge in [0.1, 0.15) is 0 Å². The quantitative estimate of drug-likeness (QED) is 0.521. The summed E-state index contributed by atoms with van der Waals surface area (Å²) in [4.78, 5) is 11.6. The summed E-state index contributed by atoms with van der Waals surface area (Å²) >= 11 is 0. The van der Waals surface area contributed by atoms with Crippen molar-refractivity contribution in [2.45, 2.75) is 52.6 Å². The van der Waals surface area contributed by atoms with Crippen molar-refractivity contribution >= 4 is 18.6 Å². The van der Waals surface area contributed by atoms with E-state index in [0.717, 1.165) is 12.8 Å². The van der Waals surface area contributed by atoms with Gasteiger partial charge in [0.05, 0.1) is 19.6 Å². The number of esters is 1. The molecule has 1 aromatic carbocycles. The van der Waals surface area contributed by atoms with Crippen LogP contribution < -0.4 is 5.30 Å². The summed E-state index contributed by atoms with van der Waals surface area (Å²) < 4.78 is 24.8. The first-order valence-corrected chi connectivity index (χ1v) is 11.1. The molecule has 0 heterocycles. The number of carbonyl (C=O) groups is 1. The molecule has 0 bridgehead atoms. The number of methoxy groups -OCH3 is 1. The topological polar surface area (TPSA) is 52.6 Å². The highest BCUT2D eigenvalue weighted by Gasteiger charge is 2.38. The van der Waals surface area contributed by atoms with Crippen molar-refractivity contribution in [2.75, 3.05) is 13.3 Å². The van der Waals surface area contributed by atoms with Gasteiger partial charge in [0.15, 0.2) is 0 Å². The Kier molecular flexibility index (Phi) is 7.27. The molecule has 1 fully saturated rings. The van der Waals surface area contributed by atoms with Gasteiger partial charge in [-0.15, -0.1) is 0 Å². The van der Waals surface area contributed by atoms with Crippen molar-refractivity contribution in [3.05, 3.63) is 30.3 Å². The fraction of sp³-hybridized carbons (Fsp3) is 0.650. The van der Waals surface area contributed by atoms with Crippen LogP contribution in [0.2, 0.25) is 0 Å². The molecule has 4 nitrogen and oxygen atoms in total. The summed E-state index contributed by atoms with van der Waals surface area (Å²) in [6.07, 6.45) is 3.51. The van der Waals surface area contributed by atoms with Crippen LogP contribution in [0.15, 0.2) is 30.3 Å². The number of carbonyl (C=O) groups excluding carboxylic acids is 1. The average Bonchev–Trinajstić information content (AvgIpc) is 2.60. The highest BCUT2D eigenvalue weighted by molar-refractivity contribution is 7.67. The first-order chi connectivity index (χ1) is 11.9. The summed E-state index contributed by atoms with van der Waals surface area (Å²) in [5.74, 6) is 1.12. The minimum atomic E-state index is -3.11. The van der Waals surface area contributed by atoms with Crippen molar-refractivity contribution < 1.29 is 18.6 Å². The van der Waals surface area contributed by atoms with E-state index in [1.165, 1.54) is 13.5 Å². The third-order valence-electron chi connectivity index (χ3n) is 5.25. The zero-order valence-corrected chi connectivity index (χ0v) is 16.7. The van der Waals surface area contributed by atoms with Crippen LogP contribution in [0.25, 0.3) is 0 Å². The normalized spacial score (nSPS) is 26.2. The minimum absolute atomic E-state index is 0.0209. The van der Waals surface area contributed by atoms with E-state index in [-0.39, 0.29) is 24.7 Å². The lowest BCUT2D eigenvalue weighted by atomic mass is 9.75. The van der Waals surface area contributed by atoms with E-state index >= 15 is 0 Å². The second-order valence-electron chi connectivity index (χ2n) is 7.53. The molecule has 0 N–H and O–H groups in total. The molecule has 1 aliphatic carbocycles. The predicted molar refractivity (Wildman–Crippen MR) is 101 cm³/mol. The van der Waals surface area contributed by atoms with Crippen molar-refractivity contribution in [1.82, 2.24) is 0 Å². The Labute approximate surface area is 151 Å². The SMILES string of the molecule is COC(=O)CC[P@](=O)(O[C@@H]1C[C@H](C)CC[C@H]1C(C)C)c1ccccc1. The first-order valence-electron chi connectivity index (χ1n) is 9.25. The van der Waals surface area contributed by atoms with Gasteiger partial charge in [-0.05, 0) is 42.7 Å².